The van der Waals surface area contributed by atoms with E-state index in [0.29, 0.717) is 11.3 Å². The van der Waals surface area contributed by atoms with Gasteiger partial charge in [0.05, 0.1) is 5.56 Å². The van der Waals surface area contributed by atoms with Crippen LogP contribution in [0.1, 0.15) is 68.3 Å². The number of rotatable bonds is 11. The van der Waals surface area contributed by atoms with E-state index in [4.69, 9.17) is 14.2 Å². The molecule has 1 aliphatic carbocycles. The highest BCUT2D eigenvalue weighted by molar-refractivity contribution is 5.91. The number of esters is 2. The number of hydrogen-bond donors (Lipinski definition) is 0. The molecule has 188 valence electrons. The molecule has 3 rings (SSSR count). The van der Waals surface area contributed by atoms with E-state index in [1.165, 1.54) is 56.4 Å². The molecule has 0 spiro atoms. The van der Waals surface area contributed by atoms with Crippen molar-refractivity contribution in [2.75, 3.05) is 13.2 Å². The number of carbonyl (C=O) groups excluding carboxylic acids is 2. The van der Waals surface area contributed by atoms with Crippen molar-refractivity contribution in [3.63, 3.8) is 0 Å². The van der Waals surface area contributed by atoms with Gasteiger partial charge in [-0.2, -0.15) is 0 Å². The molecule has 2 aromatic carbocycles. The number of benzene rings is 2. The summed E-state index contributed by atoms with van der Waals surface area (Å²) in [5.74, 6) is 0.368. The first-order chi connectivity index (χ1) is 16.9. The number of hydrogen-bond acceptors (Lipinski definition) is 5. The molecule has 5 nitrogen and oxygen atoms in total. The number of aryl methyl sites for hydroxylation is 1. The average molecular weight is 483 g/mol. The van der Waals surface area contributed by atoms with Crippen molar-refractivity contribution in [1.82, 2.24) is 0 Å². The van der Waals surface area contributed by atoms with Crippen LogP contribution in [0.3, 0.4) is 0 Å². The zero-order valence-corrected chi connectivity index (χ0v) is 20.7. The van der Waals surface area contributed by atoms with Gasteiger partial charge in [-0.05, 0) is 73.6 Å². The molecule has 0 radical (unpaired) electrons. The van der Waals surface area contributed by atoms with Gasteiger partial charge in [0.15, 0.2) is 11.6 Å². The van der Waals surface area contributed by atoms with Crippen LogP contribution < -0.4 is 9.47 Å². The van der Waals surface area contributed by atoms with Crippen LogP contribution in [0, 0.1) is 17.7 Å². The summed E-state index contributed by atoms with van der Waals surface area (Å²) in [7, 11) is 0. The maximum Gasteiger partial charge on any atom is 0.343 e. The van der Waals surface area contributed by atoms with E-state index in [0.717, 1.165) is 30.2 Å². The Kier molecular flexibility index (Phi) is 9.88. The highest BCUT2D eigenvalue weighted by atomic mass is 19.1. The number of halogens is 1. The van der Waals surface area contributed by atoms with Crippen LogP contribution in [-0.4, -0.2) is 25.2 Å². The minimum Gasteiger partial charge on any atom is -0.490 e. The van der Waals surface area contributed by atoms with E-state index in [2.05, 4.69) is 13.5 Å². The molecule has 0 saturated heterocycles. The van der Waals surface area contributed by atoms with E-state index < -0.39 is 17.8 Å². The van der Waals surface area contributed by atoms with Gasteiger partial charge in [-0.25, -0.2) is 14.0 Å². The topological polar surface area (TPSA) is 61.8 Å². The second kappa shape index (κ2) is 13.1. The van der Waals surface area contributed by atoms with E-state index in [1.54, 1.807) is 19.1 Å². The second-order valence-electron chi connectivity index (χ2n) is 9.28. The minimum absolute atomic E-state index is 0.0816. The van der Waals surface area contributed by atoms with Crippen molar-refractivity contribution in [2.24, 2.45) is 11.8 Å². The van der Waals surface area contributed by atoms with Gasteiger partial charge in [-0.3, -0.25) is 0 Å². The monoisotopic (exact) mass is 482 g/mol. The fourth-order valence-corrected chi connectivity index (χ4v) is 4.34. The summed E-state index contributed by atoms with van der Waals surface area (Å²) < 4.78 is 30.3. The molecule has 1 saturated carbocycles. The summed E-state index contributed by atoms with van der Waals surface area (Å²) in [5, 5.41) is 0. The molecule has 1 aliphatic rings. The summed E-state index contributed by atoms with van der Waals surface area (Å²) in [6.45, 7) is 7.60. The van der Waals surface area contributed by atoms with E-state index in [-0.39, 0.29) is 24.5 Å². The Labute approximate surface area is 207 Å². The van der Waals surface area contributed by atoms with Crippen LogP contribution >= 0.6 is 0 Å². The molecule has 0 atom stereocenters. The zero-order chi connectivity index (χ0) is 25.2. The molecule has 0 heterocycles. The van der Waals surface area contributed by atoms with Gasteiger partial charge in [-0.1, -0.05) is 51.7 Å². The first kappa shape index (κ1) is 26.5. The molecular weight excluding hydrogens is 447 g/mol. The lowest BCUT2D eigenvalue weighted by Gasteiger charge is -2.27. The zero-order valence-electron chi connectivity index (χ0n) is 20.7. The van der Waals surface area contributed by atoms with Crippen molar-refractivity contribution in [3.8, 4) is 11.5 Å². The molecule has 1 fully saturated rings. The lowest BCUT2D eigenvalue weighted by Crippen LogP contribution is -2.14. The summed E-state index contributed by atoms with van der Waals surface area (Å²) >= 11 is 0. The minimum atomic E-state index is -0.647. The number of carbonyl (C=O) groups is 2. The second-order valence-corrected chi connectivity index (χ2v) is 9.28. The highest BCUT2D eigenvalue weighted by Crippen LogP contribution is 2.33. The summed E-state index contributed by atoms with van der Waals surface area (Å²) in [6.07, 6.45) is 8.32. The molecule has 0 unspecified atom stereocenters. The lowest BCUT2D eigenvalue weighted by atomic mass is 9.78. The van der Waals surface area contributed by atoms with Crippen LogP contribution in [0.5, 0.6) is 11.5 Å². The van der Waals surface area contributed by atoms with Crippen LogP contribution in [0.15, 0.2) is 54.6 Å². The van der Waals surface area contributed by atoms with Crippen molar-refractivity contribution in [3.05, 3.63) is 71.6 Å². The van der Waals surface area contributed by atoms with Crippen LogP contribution in [0.25, 0.3) is 0 Å². The van der Waals surface area contributed by atoms with Gasteiger partial charge < -0.3 is 14.2 Å². The lowest BCUT2D eigenvalue weighted by molar-refractivity contribution is -0.139. The van der Waals surface area contributed by atoms with Crippen molar-refractivity contribution in [2.45, 2.75) is 58.8 Å². The maximum atomic E-state index is 14.6. The predicted octanol–water partition coefficient (Wildman–Crippen LogP) is 6.69. The van der Waals surface area contributed by atoms with Gasteiger partial charge in [0.25, 0.3) is 0 Å². The van der Waals surface area contributed by atoms with Crippen molar-refractivity contribution >= 4 is 11.9 Å². The average Bonchev–Trinajstić information content (AvgIpc) is 2.87. The van der Waals surface area contributed by atoms with Crippen LogP contribution in [0.4, 0.5) is 4.39 Å². The Morgan fingerprint density at radius 1 is 1.00 bits per heavy atom. The van der Waals surface area contributed by atoms with E-state index in [1.807, 2.05) is 6.07 Å². The Morgan fingerprint density at radius 2 is 1.69 bits per heavy atom. The predicted molar refractivity (Wildman–Crippen MR) is 133 cm³/mol. The van der Waals surface area contributed by atoms with E-state index in [9.17, 15) is 14.0 Å². The van der Waals surface area contributed by atoms with Crippen molar-refractivity contribution < 1.29 is 28.2 Å². The summed E-state index contributed by atoms with van der Waals surface area (Å²) in [5.41, 5.74) is 1.52. The SMILES string of the molecule is C=C(C)C(=O)OCCOc1ccc(C(=O)Oc2ccc(CCC3CCC(CC)CC3)cc2F)cc1. The first-order valence-electron chi connectivity index (χ1n) is 12.4. The van der Waals surface area contributed by atoms with Gasteiger partial charge in [0.2, 0.25) is 0 Å². The molecule has 2 aromatic rings. The quantitative estimate of drug-likeness (QED) is 0.154. The van der Waals surface area contributed by atoms with Gasteiger partial charge in [0, 0.05) is 5.57 Å². The molecule has 0 N–H and O–H groups in total. The Morgan fingerprint density at radius 3 is 2.31 bits per heavy atom. The standard InChI is InChI=1S/C29H35FO5/c1-4-21-5-7-22(8-6-21)9-10-23-11-16-27(26(30)19-23)35-29(32)24-12-14-25(15-13-24)33-17-18-34-28(31)20(2)3/h11-16,19,21-22H,2,4-10,17-18H2,1,3H3. The Hall–Kier alpha value is -3.15. The third-order valence-electron chi connectivity index (χ3n) is 6.61. The molecule has 0 amide bonds. The smallest absolute Gasteiger partial charge is 0.343 e. The van der Waals surface area contributed by atoms with Gasteiger partial charge in [0.1, 0.15) is 19.0 Å². The molecule has 6 heteroatoms. The molecule has 0 bridgehead atoms. The third-order valence-corrected chi connectivity index (χ3v) is 6.61. The molecule has 0 aromatic heterocycles. The summed E-state index contributed by atoms with van der Waals surface area (Å²) in [6, 6.07) is 11.1. The van der Waals surface area contributed by atoms with Crippen LogP contribution in [0.2, 0.25) is 0 Å². The molecule has 0 aliphatic heterocycles. The molecular formula is C29H35FO5. The largest absolute Gasteiger partial charge is 0.490 e. The maximum absolute atomic E-state index is 14.6. The highest BCUT2D eigenvalue weighted by Gasteiger charge is 2.20. The molecule has 35 heavy (non-hydrogen) atoms. The normalized spacial score (nSPS) is 17.5. The third kappa shape index (κ3) is 8.23. The first-order valence-corrected chi connectivity index (χ1v) is 12.4. The fourth-order valence-electron chi connectivity index (χ4n) is 4.34. The van der Waals surface area contributed by atoms with Crippen molar-refractivity contribution in [1.29, 1.82) is 0 Å². The van der Waals surface area contributed by atoms with Gasteiger partial charge >= 0.3 is 11.9 Å². The van der Waals surface area contributed by atoms with E-state index >= 15 is 0 Å². The Balaban J connectivity index is 1.45. The fraction of sp³-hybridized carbons (Fsp3) is 0.448. The summed E-state index contributed by atoms with van der Waals surface area (Å²) in [4.78, 5) is 23.8. The number of ether oxygens (including phenoxy) is 3. The van der Waals surface area contributed by atoms with Gasteiger partial charge in [-0.15, -0.1) is 0 Å². The Bertz CT molecular complexity index is 1010. The van der Waals surface area contributed by atoms with Crippen LogP contribution in [-0.2, 0) is 16.0 Å².